The van der Waals surface area contributed by atoms with Crippen molar-refractivity contribution in [1.82, 2.24) is 0 Å². The smallest absolute Gasteiger partial charge is 0.346 e. The number of hydrogen-bond donors (Lipinski definition) is 2. The molecule has 2 heterocycles. The summed E-state index contributed by atoms with van der Waals surface area (Å²) in [5, 5.41) is 18.1. The molecule has 0 atom stereocenters. The summed E-state index contributed by atoms with van der Waals surface area (Å²) in [6, 6.07) is 3.66. The third-order valence-corrected chi connectivity index (χ3v) is 4.39. The molecular formula is C11H8N2O2S2. The zero-order valence-corrected chi connectivity index (χ0v) is 10.5. The number of nitrogens with two attached hydrogens (primary N) is 1. The molecule has 3 N–H and O–H groups in total. The second-order valence-corrected chi connectivity index (χ2v) is 5.75. The van der Waals surface area contributed by atoms with Crippen molar-refractivity contribution in [2.24, 2.45) is 0 Å². The van der Waals surface area contributed by atoms with Gasteiger partial charge in [-0.3, -0.25) is 0 Å². The Morgan fingerprint density at radius 2 is 2.29 bits per heavy atom. The number of fused-ring (bicyclic) bond motifs is 1. The largest absolute Gasteiger partial charge is 0.477 e. The van der Waals surface area contributed by atoms with Crippen LogP contribution in [0.15, 0.2) is 11.6 Å². The van der Waals surface area contributed by atoms with Gasteiger partial charge in [-0.1, -0.05) is 0 Å². The molecule has 4 nitrogen and oxygen atoms in total. The van der Waals surface area contributed by atoms with Gasteiger partial charge < -0.3 is 10.8 Å². The van der Waals surface area contributed by atoms with Gasteiger partial charge in [-0.15, -0.1) is 22.7 Å². The Morgan fingerprint density at radius 1 is 1.59 bits per heavy atom. The van der Waals surface area contributed by atoms with E-state index in [4.69, 9.17) is 16.1 Å². The minimum absolute atomic E-state index is 0.303. The number of aryl methyl sites for hydroxylation is 1. The lowest BCUT2D eigenvalue weighted by molar-refractivity contribution is -0.132. The molecule has 2 aromatic rings. The van der Waals surface area contributed by atoms with Gasteiger partial charge >= 0.3 is 5.97 Å². The molecule has 2 rings (SSSR count). The fourth-order valence-electron chi connectivity index (χ4n) is 1.46. The van der Waals surface area contributed by atoms with Gasteiger partial charge in [0, 0.05) is 15.1 Å². The van der Waals surface area contributed by atoms with E-state index in [0.717, 1.165) is 14.3 Å². The van der Waals surface area contributed by atoms with Gasteiger partial charge in [0.2, 0.25) is 0 Å². The van der Waals surface area contributed by atoms with Crippen LogP contribution in [0.1, 0.15) is 10.4 Å². The summed E-state index contributed by atoms with van der Waals surface area (Å²) < 4.78 is 1.97. The summed E-state index contributed by atoms with van der Waals surface area (Å²) in [6.07, 6.45) is 1.34. The maximum atomic E-state index is 10.8. The van der Waals surface area contributed by atoms with Gasteiger partial charge in [0.1, 0.15) is 11.6 Å². The average molecular weight is 264 g/mol. The summed E-state index contributed by atoms with van der Waals surface area (Å²) in [5.74, 6) is -1.24. The summed E-state index contributed by atoms with van der Waals surface area (Å²) >= 11 is 2.95. The Labute approximate surface area is 105 Å². The lowest BCUT2D eigenvalue weighted by Crippen LogP contribution is -1.97. The van der Waals surface area contributed by atoms with Crippen molar-refractivity contribution in [1.29, 1.82) is 5.26 Å². The van der Waals surface area contributed by atoms with Crippen molar-refractivity contribution in [2.45, 2.75) is 6.92 Å². The summed E-state index contributed by atoms with van der Waals surface area (Å²) in [7, 11) is 0. The molecule has 0 amide bonds. The first-order chi connectivity index (χ1) is 8.02. The number of nitrogen functional groups attached to an aromatic ring is 1. The van der Waals surface area contributed by atoms with Gasteiger partial charge in [0.25, 0.3) is 0 Å². The van der Waals surface area contributed by atoms with Crippen LogP contribution in [-0.2, 0) is 4.79 Å². The van der Waals surface area contributed by atoms with E-state index in [1.807, 2.05) is 13.0 Å². The van der Waals surface area contributed by atoms with E-state index >= 15 is 0 Å². The van der Waals surface area contributed by atoms with Gasteiger partial charge in [0.15, 0.2) is 0 Å². The zero-order valence-electron chi connectivity index (χ0n) is 8.85. The highest BCUT2D eigenvalue weighted by molar-refractivity contribution is 7.30. The normalized spacial score (nSPS) is 11.6. The third kappa shape index (κ3) is 2.02. The standard InChI is InChI=1S/C11H8N2O2S2/c1-5-2-8-9(16-5)7(10(13)17-8)3-6(4-12)11(14)15/h2-3H,13H2,1H3,(H,14,15). The minimum atomic E-state index is -1.24. The molecule has 0 fully saturated rings. The van der Waals surface area contributed by atoms with E-state index in [-0.39, 0.29) is 5.57 Å². The first-order valence-electron chi connectivity index (χ1n) is 4.66. The predicted octanol–water partition coefficient (Wildman–Crippen LogP) is 2.84. The Bertz CT molecular complexity index is 673. The highest BCUT2D eigenvalue weighted by Gasteiger charge is 2.14. The van der Waals surface area contributed by atoms with Crippen molar-refractivity contribution in [3.8, 4) is 6.07 Å². The van der Waals surface area contributed by atoms with Crippen LogP contribution < -0.4 is 5.73 Å². The number of anilines is 1. The van der Waals surface area contributed by atoms with Gasteiger partial charge in [-0.25, -0.2) is 4.79 Å². The highest BCUT2D eigenvalue weighted by Crippen LogP contribution is 2.40. The van der Waals surface area contributed by atoms with E-state index in [0.29, 0.717) is 10.6 Å². The number of nitriles is 1. The molecule has 0 aliphatic heterocycles. The van der Waals surface area contributed by atoms with Gasteiger partial charge in [-0.2, -0.15) is 5.26 Å². The van der Waals surface area contributed by atoms with Crippen molar-refractivity contribution in [2.75, 3.05) is 5.73 Å². The number of carboxylic acids is 1. The van der Waals surface area contributed by atoms with Crippen LogP contribution in [0.5, 0.6) is 0 Å². The fourth-order valence-corrected chi connectivity index (χ4v) is 3.74. The molecule has 2 aromatic heterocycles. The second kappa shape index (κ2) is 4.20. The van der Waals surface area contributed by atoms with Crippen LogP contribution in [0.2, 0.25) is 0 Å². The molecule has 0 radical (unpaired) electrons. The molecule has 0 unspecified atom stereocenters. The van der Waals surface area contributed by atoms with E-state index in [2.05, 4.69) is 0 Å². The Hall–Kier alpha value is -1.84. The highest BCUT2D eigenvalue weighted by atomic mass is 32.1. The molecule has 0 bridgehead atoms. The maximum Gasteiger partial charge on any atom is 0.346 e. The number of aliphatic carboxylic acids is 1. The fraction of sp³-hybridized carbons (Fsp3) is 0.0909. The molecule has 0 aromatic carbocycles. The molecule has 17 heavy (non-hydrogen) atoms. The summed E-state index contributed by atoms with van der Waals surface area (Å²) in [5.41, 5.74) is 6.17. The van der Waals surface area contributed by atoms with Crippen LogP contribution in [0, 0.1) is 18.3 Å². The van der Waals surface area contributed by atoms with Gasteiger partial charge in [-0.05, 0) is 19.1 Å². The maximum absolute atomic E-state index is 10.8. The minimum Gasteiger partial charge on any atom is -0.477 e. The first-order valence-corrected chi connectivity index (χ1v) is 6.29. The van der Waals surface area contributed by atoms with E-state index in [1.54, 1.807) is 17.4 Å². The quantitative estimate of drug-likeness (QED) is 0.645. The SMILES string of the molecule is Cc1cc2sc(N)c(C=C(C#N)C(=O)O)c2s1. The van der Waals surface area contributed by atoms with Crippen molar-refractivity contribution in [3.05, 3.63) is 22.1 Å². The van der Waals surface area contributed by atoms with Crippen LogP contribution in [0.25, 0.3) is 15.5 Å². The van der Waals surface area contributed by atoms with Crippen molar-refractivity contribution in [3.63, 3.8) is 0 Å². The number of rotatable bonds is 2. The molecule has 0 saturated carbocycles. The Kier molecular flexibility index (Phi) is 2.88. The number of carboxylic acid groups (broad SMARTS) is 1. The lowest BCUT2D eigenvalue weighted by Gasteiger charge is -1.93. The molecule has 0 saturated heterocycles. The molecule has 6 heteroatoms. The monoisotopic (exact) mass is 264 g/mol. The third-order valence-electron chi connectivity index (χ3n) is 2.19. The Morgan fingerprint density at radius 3 is 2.88 bits per heavy atom. The molecule has 0 aliphatic carbocycles. The zero-order chi connectivity index (χ0) is 12.6. The van der Waals surface area contributed by atoms with Crippen molar-refractivity contribution >= 4 is 49.1 Å². The summed E-state index contributed by atoms with van der Waals surface area (Å²) in [4.78, 5) is 11.9. The van der Waals surface area contributed by atoms with Crippen LogP contribution in [0.4, 0.5) is 5.00 Å². The van der Waals surface area contributed by atoms with Crippen LogP contribution >= 0.6 is 22.7 Å². The molecule has 86 valence electrons. The van der Waals surface area contributed by atoms with Crippen molar-refractivity contribution < 1.29 is 9.90 Å². The molecule has 0 spiro atoms. The van der Waals surface area contributed by atoms with Crippen LogP contribution in [0.3, 0.4) is 0 Å². The topological polar surface area (TPSA) is 87.1 Å². The Balaban J connectivity index is 2.66. The average Bonchev–Trinajstić information content (AvgIpc) is 2.71. The van der Waals surface area contributed by atoms with E-state index in [1.165, 1.54) is 17.4 Å². The van der Waals surface area contributed by atoms with E-state index < -0.39 is 5.97 Å². The van der Waals surface area contributed by atoms with Gasteiger partial charge in [0.05, 0.1) is 9.70 Å². The lowest BCUT2D eigenvalue weighted by atomic mass is 10.2. The molecule has 0 aliphatic rings. The van der Waals surface area contributed by atoms with Crippen LogP contribution in [-0.4, -0.2) is 11.1 Å². The number of carbonyl (C=O) groups is 1. The number of nitrogens with zero attached hydrogens (tertiary/aromatic N) is 1. The summed E-state index contributed by atoms with van der Waals surface area (Å²) in [6.45, 7) is 1.98. The second-order valence-electron chi connectivity index (χ2n) is 3.41. The van der Waals surface area contributed by atoms with E-state index in [9.17, 15) is 4.79 Å². The predicted molar refractivity (Wildman–Crippen MR) is 70.1 cm³/mol. The number of thiophene rings is 2. The number of hydrogen-bond acceptors (Lipinski definition) is 5. The molecular weight excluding hydrogens is 256 g/mol. The first kappa shape index (κ1) is 11.6.